The maximum Gasteiger partial charge on any atom is -0.000731 e. The molecule has 0 N–H and O–H groups in total. The van der Waals surface area contributed by atoms with E-state index in [-0.39, 0.29) is 10.8 Å². The molecule has 0 saturated heterocycles. The lowest BCUT2D eigenvalue weighted by Crippen LogP contribution is -2.31. The minimum Gasteiger partial charge on any atom is -0.0801 e. The molecular formula is C31H35. The van der Waals surface area contributed by atoms with Crippen LogP contribution in [0.3, 0.4) is 0 Å². The van der Waals surface area contributed by atoms with Crippen LogP contribution in [0.5, 0.6) is 0 Å². The Hall–Kier alpha value is -2.34. The van der Waals surface area contributed by atoms with Crippen molar-refractivity contribution in [3.05, 3.63) is 75.2 Å². The molecule has 0 aromatic heterocycles. The van der Waals surface area contributed by atoms with Crippen molar-refractivity contribution in [2.45, 2.75) is 84.5 Å². The van der Waals surface area contributed by atoms with E-state index in [0.29, 0.717) is 0 Å². The van der Waals surface area contributed by atoms with E-state index in [1.165, 1.54) is 75.1 Å². The number of benzene rings is 2. The second kappa shape index (κ2) is 7.09. The van der Waals surface area contributed by atoms with Gasteiger partial charge in [-0.25, -0.2) is 0 Å². The summed E-state index contributed by atoms with van der Waals surface area (Å²) in [5, 5.41) is 2.85. The summed E-state index contributed by atoms with van der Waals surface area (Å²) in [5.41, 5.74) is 11.8. The van der Waals surface area contributed by atoms with E-state index in [9.17, 15) is 0 Å². The van der Waals surface area contributed by atoms with Crippen molar-refractivity contribution in [1.29, 1.82) is 0 Å². The second-order valence-corrected chi connectivity index (χ2v) is 11.6. The van der Waals surface area contributed by atoms with Gasteiger partial charge in [0, 0.05) is 0 Å². The second-order valence-electron chi connectivity index (χ2n) is 11.6. The molecule has 31 heavy (non-hydrogen) atoms. The van der Waals surface area contributed by atoms with Crippen LogP contribution in [0.1, 0.15) is 95.9 Å². The first kappa shape index (κ1) is 20.6. The molecule has 5 rings (SSSR count). The van der Waals surface area contributed by atoms with E-state index in [1.807, 2.05) is 0 Å². The molecule has 3 aliphatic rings. The fraction of sp³-hybridized carbons (Fsp3) is 0.419. The number of rotatable bonds is 1. The number of hydrogen-bond acceptors (Lipinski definition) is 0. The zero-order valence-electron chi connectivity index (χ0n) is 20.1. The summed E-state index contributed by atoms with van der Waals surface area (Å²) >= 11 is 0. The van der Waals surface area contributed by atoms with Crippen molar-refractivity contribution in [2.24, 2.45) is 0 Å². The van der Waals surface area contributed by atoms with E-state index in [1.54, 1.807) is 5.57 Å². The van der Waals surface area contributed by atoms with Gasteiger partial charge < -0.3 is 0 Å². The van der Waals surface area contributed by atoms with E-state index in [4.69, 9.17) is 0 Å². The summed E-state index contributed by atoms with van der Waals surface area (Å²) in [6, 6.07) is 9.57. The molecule has 3 aliphatic carbocycles. The molecule has 0 heteroatoms. The van der Waals surface area contributed by atoms with Gasteiger partial charge in [-0.2, -0.15) is 0 Å². The third-order valence-corrected chi connectivity index (χ3v) is 7.19. The summed E-state index contributed by atoms with van der Waals surface area (Å²) in [6.07, 6.45) is 16.9. The molecule has 2 aromatic carbocycles. The van der Waals surface area contributed by atoms with Gasteiger partial charge in [-0.3, -0.25) is 0 Å². The first-order valence-electron chi connectivity index (χ1n) is 12.0. The van der Waals surface area contributed by atoms with Crippen molar-refractivity contribution in [3.8, 4) is 11.1 Å². The average molecular weight is 408 g/mol. The lowest BCUT2D eigenvalue weighted by molar-refractivity contribution is 0.583. The molecule has 0 aliphatic heterocycles. The van der Waals surface area contributed by atoms with Crippen molar-refractivity contribution in [1.82, 2.24) is 0 Å². The molecule has 0 heterocycles. The van der Waals surface area contributed by atoms with E-state index in [2.05, 4.69) is 90.1 Å². The largest absolute Gasteiger partial charge is 0.0801 e. The maximum atomic E-state index is 3.89. The normalized spacial score (nSPS) is 17.6. The van der Waals surface area contributed by atoms with Gasteiger partial charge >= 0.3 is 0 Å². The van der Waals surface area contributed by atoms with E-state index >= 15 is 0 Å². The van der Waals surface area contributed by atoms with Crippen LogP contribution < -0.4 is 10.4 Å². The Balaban J connectivity index is 1.89. The summed E-state index contributed by atoms with van der Waals surface area (Å²) < 4.78 is 0. The van der Waals surface area contributed by atoms with Gasteiger partial charge in [0.05, 0.1) is 0 Å². The average Bonchev–Trinajstić information content (AvgIpc) is 3.44. The predicted molar refractivity (Wildman–Crippen MR) is 135 cm³/mol. The van der Waals surface area contributed by atoms with Crippen LogP contribution in [0.25, 0.3) is 28.3 Å². The van der Waals surface area contributed by atoms with Gasteiger partial charge in [-0.15, -0.1) is 0 Å². The fourth-order valence-electron chi connectivity index (χ4n) is 5.59. The molecule has 1 radical (unpaired) electrons. The van der Waals surface area contributed by atoms with Gasteiger partial charge in [0.15, 0.2) is 0 Å². The predicted octanol–water partition coefficient (Wildman–Crippen LogP) is 7.04. The first-order valence-corrected chi connectivity index (χ1v) is 12.0. The van der Waals surface area contributed by atoms with Gasteiger partial charge in [-0.1, -0.05) is 77.5 Å². The van der Waals surface area contributed by atoms with Gasteiger partial charge in [0.1, 0.15) is 0 Å². The Labute approximate surface area is 188 Å². The third kappa shape index (κ3) is 3.45. The van der Waals surface area contributed by atoms with Crippen LogP contribution in [0.4, 0.5) is 0 Å². The molecule has 2 aromatic rings. The van der Waals surface area contributed by atoms with Crippen molar-refractivity contribution in [3.63, 3.8) is 0 Å². The minimum absolute atomic E-state index is 0.0890. The summed E-state index contributed by atoms with van der Waals surface area (Å²) in [5.74, 6) is 0. The van der Waals surface area contributed by atoms with Crippen LogP contribution in [-0.2, 0) is 10.8 Å². The Morgan fingerprint density at radius 3 is 2.19 bits per heavy atom. The minimum atomic E-state index is 0.0890. The van der Waals surface area contributed by atoms with E-state index < -0.39 is 0 Å². The highest BCUT2D eigenvalue weighted by molar-refractivity contribution is 5.89. The number of hydrogen-bond donors (Lipinski definition) is 0. The van der Waals surface area contributed by atoms with Crippen molar-refractivity contribution < 1.29 is 0 Å². The van der Waals surface area contributed by atoms with Crippen LogP contribution in [0.15, 0.2) is 42.5 Å². The smallest absolute Gasteiger partial charge is 0.000731 e. The Bertz CT molecular complexity index is 1240. The monoisotopic (exact) mass is 407 g/mol. The quantitative estimate of drug-likeness (QED) is 0.406. The Morgan fingerprint density at radius 1 is 0.839 bits per heavy atom. The highest BCUT2D eigenvalue weighted by atomic mass is 14.3. The highest BCUT2D eigenvalue weighted by Gasteiger charge is 2.29. The topological polar surface area (TPSA) is 0 Å². The lowest BCUT2D eigenvalue weighted by atomic mass is 9.77. The summed E-state index contributed by atoms with van der Waals surface area (Å²) in [4.78, 5) is 0. The molecule has 0 spiro atoms. The zero-order chi connectivity index (χ0) is 22.0. The number of fused-ring (bicyclic) bond motifs is 3. The van der Waals surface area contributed by atoms with Gasteiger partial charge in [0.25, 0.3) is 0 Å². The molecule has 0 nitrogen and oxygen atoms in total. The Kier molecular flexibility index (Phi) is 4.70. The molecule has 0 unspecified atom stereocenters. The van der Waals surface area contributed by atoms with Crippen molar-refractivity contribution >= 4 is 17.2 Å². The van der Waals surface area contributed by atoms with Crippen LogP contribution in [-0.4, -0.2) is 0 Å². The van der Waals surface area contributed by atoms with Gasteiger partial charge in [-0.05, 0) is 111 Å². The van der Waals surface area contributed by atoms with E-state index in [0.717, 1.165) is 6.42 Å². The maximum absolute atomic E-state index is 3.89. The summed E-state index contributed by atoms with van der Waals surface area (Å²) in [7, 11) is 0. The fourth-order valence-corrected chi connectivity index (χ4v) is 5.59. The molecule has 0 bridgehead atoms. The van der Waals surface area contributed by atoms with Crippen LogP contribution in [0, 0.1) is 0 Å². The molecule has 0 atom stereocenters. The first-order chi connectivity index (χ1) is 14.6. The van der Waals surface area contributed by atoms with Gasteiger partial charge in [0.2, 0.25) is 0 Å². The van der Waals surface area contributed by atoms with Crippen LogP contribution in [0.2, 0.25) is 0 Å². The molecule has 0 amide bonds. The standard InChI is InChI=1S/C31H35/c1-30(2,3)23-15-16-24-22(17-23)18-27-26(24)19-25(20-11-7-8-12-20)29(31(4,5)6)28(27)21-13-9-10-14-21/h9-10,13,15-17,19H,7-8,11-12,14H2,1-6H3. The molecule has 1 saturated carbocycles. The lowest BCUT2D eigenvalue weighted by Gasteiger charge is -2.27. The van der Waals surface area contributed by atoms with Crippen LogP contribution >= 0.6 is 0 Å². The Morgan fingerprint density at radius 2 is 1.58 bits per heavy atom. The molecular weight excluding hydrogens is 372 g/mol. The zero-order valence-corrected chi connectivity index (χ0v) is 20.1. The third-order valence-electron chi connectivity index (χ3n) is 7.19. The SMILES string of the molecule is CC(C)(C)c1ccc2c(c1)[C]=c1c-2cc(=C2CCCC2)c(C(C)(C)C)c1C1=CC=CC1. The summed E-state index contributed by atoms with van der Waals surface area (Å²) in [6.45, 7) is 14.1. The number of allylic oxidation sites excluding steroid dienone is 4. The highest BCUT2D eigenvalue weighted by Crippen LogP contribution is 2.37. The van der Waals surface area contributed by atoms with Crippen molar-refractivity contribution in [2.75, 3.05) is 0 Å². The molecule has 1 fully saturated rings. The molecule has 159 valence electrons.